The minimum atomic E-state index is 0.640. The minimum absolute atomic E-state index is 0.640. The van der Waals surface area contributed by atoms with E-state index in [-0.39, 0.29) is 0 Å². The molecule has 1 N–H and O–H groups in total. The lowest BCUT2D eigenvalue weighted by molar-refractivity contribution is 0.412. The number of nitrogens with one attached hydrogen (secondary N) is 1. The van der Waals surface area contributed by atoms with E-state index in [1.54, 1.807) is 13.2 Å². The fourth-order valence-electron chi connectivity index (χ4n) is 3.02. The van der Waals surface area contributed by atoms with Gasteiger partial charge in [0, 0.05) is 27.7 Å². The lowest BCUT2D eigenvalue weighted by Gasteiger charge is -2.11. The monoisotopic (exact) mass is 359 g/mol. The summed E-state index contributed by atoms with van der Waals surface area (Å²) in [5.74, 6) is 1.71. The standard InChI is InChI=1S/C18H15Cl2N3O/c1-24-16-7-6-13(20)10-15(16)23-18-14(8-9-21-18)17(22-23)11-2-4-12(19)5-3-11/h2-7,10,21H,8-9H2,1H3. The normalized spacial score (nSPS) is 12.8. The Kier molecular flexibility index (Phi) is 3.87. The molecule has 1 aliphatic heterocycles. The maximum absolute atomic E-state index is 6.18. The molecule has 0 atom stereocenters. The summed E-state index contributed by atoms with van der Waals surface area (Å²) in [6, 6.07) is 13.3. The van der Waals surface area contributed by atoms with Gasteiger partial charge in [0.15, 0.2) is 0 Å². The van der Waals surface area contributed by atoms with Crippen LogP contribution in [0.25, 0.3) is 16.9 Å². The van der Waals surface area contributed by atoms with Gasteiger partial charge < -0.3 is 10.1 Å². The summed E-state index contributed by atoms with van der Waals surface area (Å²) in [6.45, 7) is 0.886. The number of nitrogens with zero attached hydrogens (tertiary/aromatic N) is 2. The number of fused-ring (bicyclic) bond motifs is 1. The molecule has 1 aromatic heterocycles. The van der Waals surface area contributed by atoms with Crippen LogP contribution in [0.5, 0.6) is 5.75 Å². The van der Waals surface area contributed by atoms with E-state index in [0.29, 0.717) is 10.0 Å². The van der Waals surface area contributed by atoms with Gasteiger partial charge in [-0.05, 0) is 36.8 Å². The number of hydrogen-bond acceptors (Lipinski definition) is 3. The number of benzene rings is 2. The lowest BCUT2D eigenvalue weighted by atomic mass is 10.1. The summed E-state index contributed by atoms with van der Waals surface area (Å²) >= 11 is 12.2. The second-order valence-electron chi connectivity index (χ2n) is 5.59. The van der Waals surface area contributed by atoms with Gasteiger partial charge in [-0.3, -0.25) is 0 Å². The molecule has 0 saturated heterocycles. The van der Waals surface area contributed by atoms with E-state index in [9.17, 15) is 0 Å². The van der Waals surface area contributed by atoms with Gasteiger partial charge in [0.05, 0.1) is 12.8 Å². The van der Waals surface area contributed by atoms with Crippen LogP contribution in [0.1, 0.15) is 5.56 Å². The van der Waals surface area contributed by atoms with Gasteiger partial charge in [-0.1, -0.05) is 35.3 Å². The molecule has 1 aliphatic rings. The Bertz CT molecular complexity index is 903. The molecular formula is C18H15Cl2N3O. The zero-order chi connectivity index (χ0) is 16.7. The van der Waals surface area contributed by atoms with Gasteiger partial charge in [-0.15, -0.1) is 0 Å². The van der Waals surface area contributed by atoms with Crippen LogP contribution in [-0.4, -0.2) is 23.4 Å². The Morgan fingerprint density at radius 2 is 1.83 bits per heavy atom. The Hall–Kier alpha value is -2.17. The fourth-order valence-corrected chi connectivity index (χ4v) is 3.31. The van der Waals surface area contributed by atoms with E-state index in [4.69, 9.17) is 33.0 Å². The van der Waals surface area contributed by atoms with Gasteiger partial charge >= 0.3 is 0 Å². The Morgan fingerprint density at radius 3 is 2.58 bits per heavy atom. The summed E-state index contributed by atoms with van der Waals surface area (Å²) in [5, 5.41) is 9.59. The predicted octanol–water partition coefficient (Wildman–Crippen LogP) is 4.82. The molecule has 0 radical (unpaired) electrons. The Morgan fingerprint density at radius 1 is 1.08 bits per heavy atom. The van der Waals surface area contributed by atoms with Crippen molar-refractivity contribution in [1.82, 2.24) is 9.78 Å². The summed E-state index contributed by atoms with van der Waals surface area (Å²) in [7, 11) is 1.64. The summed E-state index contributed by atoms with van der Waals surface area (Å²) < 4.78 is 7.35. The maximum Gasteiger partial charge on any atom is 0.144 e. The molecule has 3 aromatic rings. The molecule has 4 rings (SSSR count). The molecule has 2 heterocycles. The van der Waals surface area contributed by atoms with Crippen LogP contribution >= 0.6 is 23.2 Å². The quantitative estimate of drug-likeness (QED) is 0.728. The molecule has 0 spiro atoms. The van der Waals surface area contributed by atoms with E-state index >= 15 is 0 Å². The first-order chi connectivity index (χ1) is 11.7. The number of aromatic nitrogens is 2. The number of anilines is 1. The summed E-state index contributed by atoms with van der Waals surface area (Å²) in [6.07, 6.45) is 0.927. The first kappa shape index (κ1) is 15.4. The van der Waals surface area contributed by atoms with E-state index in [1.165, 1.54) is 5.56 Å². The molecule has 0 unspecified atom stereocenters. The third-order valence-electron chi connectivity index (χ3n) is 4.14. The van der Waals surface area contributed by atoms with Gasteiger partial charge in [-0.25, -0.2) is 4.68 Å². The van der Waals surface area contributed by atoms with Crippen LogP contribution in [-0.2, 0) is 6.42 Å². The molecule has 4 nitrogen and oxygen atoms in total. The first-order valence-corrected chi connectivity index (χ1v) is 8.38. The topological polar surface area (TPSA) is 39.1 Å². The molecule has 0 amide bonds. The van der Waals surface area contributed by atoms with E-state index in [2.05, 4.69) is 5.32 Å². The van der Waals surface area contributed by atoms with Gasteiger partial charge in [-0.2, -0.15) is 5.10 Å². The molecule has 6 heteroatoms. The van der Waals surface area contributed by atoms with E-state index in [1.807, 2.05) is 41.1 Å². The second kappa shape index (κ2) is 6.04. The highest BCUT2D eigenvalue weighted by molar-refractivity contribution is 6.31. The molecule has 0 saturated carbocycles. The zero-order valence-electron chi connectivity index (χ0n) is 13.0. The molecular weight excluding hydrogens is 345 g/mol. The third kappa shape index (κ3) is 2.52. The fraction of sp³-hybridized carbons (Fsp3) is 0.167. The second-order valence-corrected chi connectivity index (χ2v) is 6.46. The van der Waals surface area contributed by atoms with Crippen molar-refractivity contribution in [3.8, 4) is 22.7 Å². The summed E-state index contributed by atoms with van der Waals surface area (Å²) in [5.41, 5.74) is 4.00. The minimum Gasteiger partial charge on any atom is -0.494 e. The number of rotatable bonds is 3. The molecule has 2 aromatic carbocycles. The Balaban J connectivity index is 1.91. The average molecular weight is 360 g/mol. The van der Waals surface area contributed by atoms with Crippen LogP contribution in [0.2, 0.25) is 10.0 Å². The van der Waals surface area contributed by atoms with Crippen LogP contribution in [0.4, 0.5) is 5.82 Å². The summed E-state index contributed by atoms with van der Waals surface area (Å²) in [4.78, 5) is 0. The van der Waals surface area contributed by atoms with Gasteiger partial charge in [0.1, 0.15) is 17.3 Å². The zero-order valence-corrected chi connectivity index (χ0v) is 14.5. The van der Waals surface area contributed by atoms with Crippen molar-refractivity contribution < 1.29 is 4.74 Å². The largest absolute Gasteiger partial charge is 0.494 e. The van der Waals surface area contributed by atoms with E-state index in [0.717, 1.165) is 41.5 Å². The lowest BCUT2D eigenvalue weighted by Crippen LogP contribution is -2.05. The SMILES string of the molecule is COc1ccc(Cl)cc1-n1nc(-c2ccc(Cl)cc2)c2c1NCC2. The smallest absolute Gasteiger partial charge is 0.144 e. The van der Waals surface area contributed by atoms with Crippen molar-refractivity contribution in [1.29, 1.82) is 0 Å². The molecule has 24 heavy (non-hydrogen) atoms. The van der Waals surface area contributed by atoms with Crippen molar-refractivity contribution in [2.24, 2.45) is 0 Å². The maximum atomic E-state index is 6.18. The number of halogens is 2. The number of ether oxygens (including phenoxy) is 1. The van der Waals surface area contributed by atoms with Crippen molar-refractivity contribution in [2.75, 3.05) is 19.0 Å². The van der Waals surface area contributed by atoms with Crippen LogP contribution in [0, 0.1) is 0 Å². The van der Waals surface area contributed by atoms with Crippen LogP contribution < -0.4 is 10.1 Å². The van der Waals surface area contributed by atoms with Crippen molar-refractivity contribution in [3.63, 3.8) is 0 Å². The molecule has 0 fully saturated rings. The van der Waals surface area contributed by atoms with Crippen LogP contribution in [0.3, 0.4) is 0 Å². The molecule has 0 bridgehead atoms. The highest BCUT2D eigenvalue weighted by atomic mass is 35.5. The van der Waals surface area contributed by atoms with Crippen molar-refractivity contribution in [3.05, 3.63) is 58.1 Å². The van der Waals surface area contributed by atoms with E-state index < -0.39 is 0 Å². The highest BCUT2D eigenvalue weighted by Gasteiger charge is 2.25. The third-order valence-corrected chi connectivity index (χ3v) is 4.62. The molecule has 0 aliphatic carbocycles. The van der Waals surface area contributed by atoms with Crippen molar-refractivity contribution >= 4 is 29.0 Å². The van der Waals surface area contributed by atoms with Gasteiger partial charge in [0.2, 0.25) is 0 Å². The average Bonchev–Trinajstić information content (AvgIpc) is 3.18. The predicted molar refractivity (Wildman–Crippen MR) is 97.8 cm³/mol. The highest BCUT2D eigenvalue weighted by Crippen LogP contribution is 2.37. The number of hydrogen-bond donors (Lipinski definition) is 1. The van der Waals surface area contributed by atoms with Gasteiger partial charge in [0.25, 0.3) is 0 Å². The van der Waals surface area contributed by atoms with Crippen molar-refractivity contribution in [2.45, 2.75) is 6.42 Å². The number of methoxy groups -OCH3 is 1. The molecule has 122 valence electrons. The Labute approximate surface area is 150 Å². The van der Waals surface area contributed by atoms with Crippen LogP contribution in [0.15, 0.2) is 42.5 Å². The first-order valence-electron chi connectivity index (χ1n) is 7.63.